The Labute approximate surface area is 198 Å². The highest BCUT2D eigenvalue weighted by Gasteiger charge is 2.21. The Balaban J connectivity index is 1.85. The molecule has 0 bridgehead atoms. The Kier molecular flexibility index (Phi) is 6.75. The van der Waals surface area contributed by atoms with Crippen LogP contribution in [0.5, 0.6) is 0 Å². The normalized spacial score (nSPS) is 12.4. The van der Waals surface area contributed by atoms with Crippen LogP contribution < -0.4 is 5.62 Å². The number of aryl methyl sites for hydroxylation is 2. The van der Waals surface area contributed by atoms with Crippen LogP contribution in [0.25, 0.3) is 11.0 Å². The van der Waals surface area contributed by atoms with Gasteiger partial charge in [0.2, 0.25) is 5.62 Å². The van der Waals surface area contributed by atoms with Gasteiger partial charge in [-0.25, -0.2) is 0 Å². The first-order valence-corrected chi connectivity index (χ1v) is 11.4. The molecule has 0 aliphatic carbocycles. The van der Waals surface area contributed by atoms with E-state index in [1.165, 1.54) is 16.7 Å². The summed E-state index contributed by atoms with van der Waals surface area (Å²) in [5.74, 6) is 0. The molecular weight excluding hydrogens is 441 g/mol. The summed E-state index contributed by atoms with van der Waals surface area (Å²) in [4.78, 5) is 0. The van der Waals surface area contributed by atoms with E-state index in [4.69, 9.17) is 33.3 Å². The molecule has 0 unspecified atom stereocenters. The van der Waals surface area contributed by atoms with Gasteiger partial charge in [-0.2, -0.15) is 0 Å². The SMILES string of the molecule is COC[C@H](Cc1ccc(C)cc1)n1c(=N)n(Cc2ccc(C)cc2)c2cc(Cl)c(Cl)cc21. The fourth-order valence-electron chi connectivity index (χ4n) is 4.11. The number of aromatic nitrogens is 2. The minimum Gasteiger partial charge on any atom is -0.383 e. The first kappa shape index (κ1) is 22.7. The molecule has 4 aromatic rings. The van der Waals surface area contributed by atoms with E-state index < -0.39 is 0 Å². The molecule has 0 aliphatic heterocycles. The maximum Gasteiger partial charge on any atom is 0.203 e. The van der Waals surface area contributed by atoms with Crippen molar-refractivity contribution in [2.24, 2.45) is 0 Å². The predicted octanol–water partition coefficient (Wildman–Crippen LogP) is 6.32. The summed E-state index contributed by atoms with van der Waals surface area (Å²) in [6.07, 6.45) is 0.745. The number of nitrogens with one attached hydrogen (secondary N) is 1. The fourth-order valence-corrected chi connectivity index (χ4v) is 4.43. The summed E-state index contributed by atoms with van der Waals surface area (Å²) >= 11 is 12.8. The molecular formula is C26H27Cl2N3O. The van der Waals surface area contributed by atoms with E-state index in [0.717, 1.165) is 23.0 Å². The largest absolute Gasteiger partial charge is 0.383 e. The molecule has 166 valence electrons. The Hall–Kier alpha value is -2.53. The van der Waals surface area contributed by atoms with Gasteiger partial charge in [-0.3, -0.25) is 5.41 Å². The molecule has 32 heavy (non-hydrogen) atoms. The Morgan fingerprint density at radius 1 is 0.844 bits per heavy atom. The van der Waals surface area contributed by atoms with Gasteiger partial charge in [-0.05, 0) is 43.5 Å². The molecule has 1 heterocycles. The minimum atomic E-state index is -0.0609. The molecule has 3 aromatic carbocycles. The molecule has 0 fully saturated rings. The molecule has 4 nitrogen and oxygen atoms in total. The number of halogens is 2. The molecule has 0 spiro atoms. The fraction of sp³-hybridized carbons (Fsp3) is 0.269. The van der Waals surface area contributed by atoms with Gasteiger partial charge in [-0.1, -0.05) is 82.9 Å². The number of imidazole rings is 1. The molecule has 1 N–H and O–H groups in total. The smallest absolute Gasteiger partial charge is 0.203 e. The second kappa shape index (κ2) is 9.53. The van der Waals surface area contributed by atoms with Crippen LogP contribution in [0.2, 0.25) is 10.0 Å². The van der Waals surface area contributed by atoms with Crippen molar-refractivity contribution in [2.45, 2.75) is 32.9 Å². The number of hydrogen-bond donors (Lipinski definition) is 1. The van der Waals surface area contributed by atoms with Crippen LogP contribution >= 0.6 is 23.2 Å². The van der Waals surface area contributed by atoms with Crippen molar-refractivity contribution in [1.29, 1.82) is 5.41 Å². The molecule has 6 heteroatoms. The van der Waals surface area contributed by atoms with Crippen molar-refractivity contribution in [2.75, 3.05) is 13.7 Å². The molecule has 0 radical (unpaired) electrons. The highest BCUT2D eigenvalue weighted by atomic mass is 35.5. The van der Waals surface area contributed by atoms with Gasteiger partial charge in [-0.15, -0.1) is 0 Å². The Morgan fingerprint density at radius 3 is 1.94 bits per heavy atom. The van der Waals surface area contributed by atoms with Gasteiger partial charge in [0, 0.05) is 7.11 Å². The van der Waals surface area contributed by atoms with E-state index in [2.05, 4.69) is 62.4 Å². The molecule has 0 amide bonds. The van der Waals surface area contributed by atoms with Crippen LogP contribution in [0.3, 0.4) is 0 Å². The zero-order valence-corrected chi connectivity index (χ0v) is 20.0. The summed E-state index contributed by atoms with van der Waals surface area (Å²) in [5, 5.41) is 10.1. The van der Waals surface area contributed by atoms with Gasteiger partial charge in [0.15, 0.2) is 0 Å². The monoisotopic (exact) mass is 467 g/mol. The van der Waals surface area contributed by atoms with Crippen molar-refractivity contribution < 1.29 is 4.74 Å². The summed E-state index contributed by atoms with van der Waals surface area (Å²) in [6.45, 7) is 5.21. The number of fused-ring (bicyclic) bond motifs is 1. The highest BCUT2D eigenvalue weighted by molar-refractivity contribution is 6.42. The lowest BCUT2D eigenvalue weighted by Crippen LogP contribution is -2.31. The van der Waals surface area contributed by atoms with Crippen LogP contribution in [-0.4, -0.2) is 22.9 Å². The maximum atomic E-state index is 9.10. The van der Waals surface area contributed by atoms with E-state index in [0.29, 0.717) is 28.8 Å². The summed E-state index contributed by atoms with van der Waals surface area (Å²) in [5.41, 5.74) is 6.92. The average molecular weight is 468 g/mol. The third-order valence-electron chi connectivity index (χ3n) is 5.83. The Bertz CT molecular complexity index is 1290. The summed E-state index contributed by atoms with van der Waals surface area (Å²) in [6, 6.07) is 20.5. The van der Waals surface area contributed by atoms with E-state index in [-0.39, 0.29) is 6.04 Å². The lowest BCUT2D eigenvalue weighted by Gasteiger charge is -2.19. The number of ether oxygens (including phenoxy) is 1. The zero-order chi connectivity index (χ0) is 22.8. The van der Waals surface area contributed by atoms with Gasteiger partial charge in [0.1, 0.15) is 0 Å². The zero-order valence-electron chi connectivity index (χ0n) is 18.5. The second-order valence-electron chi connectivity index (χ2n) is 8.32. The van der Waals surface area contributed by atoms with E-state index >= 15 is 0 Å². The Morgan fingerprint density at radius 2 is 1.38 bits per heavy atom. The molecule has 1 aromatic heterocycles. The number of benzene rings is 3. The summed E-state index contributed by atoms with van der Waals surface area (Å²) < 4.78 is 9.59. The average Bonchev–Trinajstić information content (AvgIpc) is 3.02. The number of nitrogens with zero attached hydrogens (tertiary/aromatic N) is 2. The van der Waals surface area contributed by atoms with Crippen molar-refractivity contribution in [1.82, 2.24) is 9.13 Å². The van der Waals surface area contributed by atoms with Crippen molar-refractivity contribution in [3.05, 3.63) is 98.6 Å². The quantitative estimate of drug-likeness (QED) is 0.339. The minimum absolute atomic E-state index is 0.0609. The van der Waals surface area contributed by atoms with Gasteiger partial charge >= 0.3 is 0 Å². The van der Waals surface area contributed by atoms with Gasteiger partial charge in [0.25, 0.3) is 0 Å². The second-order valence-corrected chi connectivity index (χ2v) is 9.13. The molecule has 0 aliphatic rings. The highest BCUT2D eigenvalue weighted by Crippen LogP contribution is 2.30. The number of methoxy groups -OCH3 is 1. The maximum absolute atomic E-state index is 9.10. The number of rotatable bonds is 7. The lowest BCUT2D eigenvalue weighted by molar-refractivity contribution is 0.154. The topological polar surface area (TPSA) is 42.9 Å². The van der Waals surface area contributed by atoms with E-state index in [1.807, 2.05) is 21.3 Å². The van der Waals surface area contributed by atoms with Crippen LogP contribution in [-0.2, 0) is 17.7 Å². The van der Waals surface area contributed by atoms with Gasteiger partial charge < -0.3 is 13.9 Å². The third-order valence-corrected chi connectivity index (χ3v) is 6.55. The standard InChI is InChI=1S/C26H27Cl2N3O/c1-17-4-8-19(9-5-17)12-21(16-32-3)31-25-14-23(28)22(27)13-24(25)30(26(31)29)15-20-10-6-18(2)7-11-20/h4-11,13-14,21,29H,12,15-16H2,1-3H3/t21-/m0/s1. The van der Waals surface area contributed by atoms with Crippen molar-refractivity contribution in [3.8, 4) is 0 Å². The first-order valence-electron chi connectivity index (χ1n) is 10.6. The molecule has 4 rings (SSSR count). The summed E-state index contributed by atoms with van der Waals surface area (Å²) in [7, 11) is 1.70. The first-order chi connectivity index (χ1) is 15.4. The van der Waals surface area contributed by atoms with E-state index in [1.54, 1.807) is 7.11 Å². The number of hydrogen-bond acceptors (Lipinski definition) is 2. The third kappa shape index (κ3) is 4.63. The predicted molar refractivity (Wildman–Crippen MR) is 132 cm³/mol. The molecule has 1 atom stereocenters. The molecule has 0 saturated heterocycles. The van der Waals surface area contributed by atoms with Crippen molar-refractivity contribution in [3.63, 3.8) is 0 Å². The van der Waals surface area contributed by atoms with Crippen LogP contribution in [0, 0.1) is 19.3 Å². The van der Waals surface area contributed by atoms with Crippen LogP contribution in [0.4, 0.5) is 0 Å². The molecule has 0 saturated carbocycles. The lowest BCUT2D eigenvalue weighted by atomic mass is 10.0. The van der Waals surface area contributed by atoms with Gasteiger partial charge in [0.05, 0.1) is 40.3 Å². The van der Waals surface area contributed by atoms with Crippen molar-refractivity contribution >= 4 is 34.2 Å². The van der Waals surface area contributed by atoms with Crippen LogP contribution in [0.15, 0.2) is 60.7 Å². The van der Waals surface area contributed by atoms with Crippen LogP contribution in [0.1, 0.15) is 28.3 Å². The van der Waals surface area contributed by atoms with E-state index in [9.17, 15) is 0 Å².